The van der Waals surface area contributed by atoms with Crippen LogP contribution in [0.25, 0.3) is 11.5 Å². The number of nitrogens with zero attached hydrogens (tertiary/aromatic N) is 4. The zero-order valence-corrected chi connectivity index (χ0v) is 21.6. The molecule has 8 nitrogen and oxygen atoms in total. The van der Waals surface area contributed by atoms with Crippen LogP contribution in [0, 0.1) is 6.92 Å². The molecule has 0 unspecified atom stereocenters. The van der Waals surface area contributed by atoms with E-state index in [0.717, 1.165) is 46.2 Å². The third kappa shape index (κ3) is 4.84. The number of methoxy groups -OCH3 is 1. The monoisotopic (exact) mass is 499 g/mol. The third-order valence-electron chi connectivity index (χ3n) is 6.63. The van der Waals surface area contributed by atoms with Crippen molar-refractivity contribution in [2.75, 3.05) is 26.9 Å². The number of para-hydroxylation sites is 1. The number of hydrogen-bond donors (Lipinski definition) is 1. The second-order valence-corrected chi connectivity index (χ2v) is 9.05. The van der Waals surface area contributed by atoms with Crippen molar-refractivity contribution in [2.45, 2.75) is 32.9 Å². The van der Waals surface area contributed by atoms with Gasteiger partial charge in [-0.2, -0.15) is 5.10 Å². The first kappa shape index (κ1) is 24.6. The summed E-state index contributed by atoms with van der Waals surface area (Å²) in [6.07, 6.45) is 2.79. The molecule has 1 atom stereocenters. The highest BCUT2D eigenvalue weighted by atomic mass is 16.5. The van der Waals surface area contributed by atoms with Crippen LogP contribution in [0.5, 0.6) is 5.75 Å². The van der Waals surface area contributed by atoms with Gasteiger partial charge in [0.15, 0.2) is 0 Å². The summed E-state index contributed by atoms with van der Waals surface area (Å²) in [7, 11) is 1.67. The van der Waals surface area contributed by atoms with E-state index in [9.17, 15) is 4.79 Å². The van der Waals surface area contributed by atoms with Gasteiger partial charge in [-0.1, -0.05) is 30.3 Å². The van der Waals surface area contributed by atoms with Crippen molar-refractivity contribution in [3.05, 3.63) is 95.4 Å². The SMILES string of the molecule is CCOc1cccc([C@H]2c3cccn3-c3c(c(C)nn3-c3ccccc3)CN2C(=O)NCCCOC)c1. The summed E-state index contributed by atoms with van der Waals surface area (Å²) < 4.78 is 15.1. The maximum atomic E-state index is 13.7. The molecule has 2 amide bonds. The van der Waals surface area contributed by atoms with Gasteiger partial charge in [0.05, 0.1) is 36.3 Å². The number of aryl methyl sites for hydroxylation is 1. The largest absolute Gasteiger partial charge is 0.494 e. The molecule has 0 saturated heterocycles. The number of carbonyl (C=O) groups excluding carboxylic acids is 1. The fourth-order valence-corrected chi connectivity index (χ4v) is 4.95. The Morgan fingerprint density at radius 3 is 2.73 bits per heavy atom. The van der Waals surface area contributed by atoms with Crippen LogP contribution in [-0.2, 0) is 11.3 Å². The van der Waals surface area contributed by atoms with Gasteiger partial charge in [0, 0.05) is 32.0 Å². The first-order valence-electron chi connectivity index (χ1n) is 12.7. The van der Waals surface area contributed by atoms with Gasteiger partial charge in [-0.3, -0.25) is 0 Å². The highest BCUT2D eigenvalue weighted by Gasteiger charge is 2.36. The Labute approximate surface area is 217 Å². The van der Waals surface area contributed by atoms with Gasteiger partial charge in [0.25, 0.3) is 0 Å². The molecule has 0 spiro atoms. The molecule has 0 saturated carbocycles. The van der Waals surface area contributed by atoms with Gasteiger partial charge in [0.2, 0.25) is 0 Å². The summed E-state index contributed by atoms with van der Waals surface area (Å²) in [6.45, 7) is 6.09. The summed E-state index contributed by atoms with van der Waals surface area (Å²) in [5.74, 6) is 1.73. The Morgan fingerprint density at radius 2 is 1.95 bits per heavy atom. The van der Waals surface area contributed by atoms with Crippen LogP contribution in [0.3, 0.4) is 0 Å². The van der Waals surface area contributed by atoms with Gasteiger partial charge in [-0.05, 0) is 62.2 Å². The molecule has 8 heteroatoms. The van der Waals surface area contributed by atoms with Crippen molar-refractivity contribution in [3.8, 4) is 17.3 Å². The van der Waals surface area contributed by atoms with Crippen LogP contribution in [0.1, 0.15) is 41.9 Å². The molecule has 2 aromatic carbocycles. The number of hydrogen-bond acceptors (Lipinski definition) is 4. The Hall–Kier alpha value is -4.04. The smallest absolute Gasteiger partial charge is 0.318 e. The first-order chi connectivity index (χ1) is 18.1. The Morgan fingerprint density at radius 1 is 1.11 bits per heavy atom. The van der Waals surface area contributed by atoms with Crippen LogP contribution >= 0.6 is 0 Å². The topological polar surface area (TPSA) is 73.5 Å². The zero-order chi connectivity index (χ0) is 25.8. The Bertz CT molecular complexity index is 1360. The number of aromatic nitrogens is 3. The van der Waals surface area contributed by atoms with Gasteiger partial charge in [-0.15, -0.1) is 0 Å². The maximum Gasteiger partial charge on any atom is 0.318 e. The molecule has 0 fully saturated rings. The van der Waals surface area contributed by atoms with Crippen LogP contribution in [0.4, 0.5) is 4.79 Å². The molecule has 1 aliphatic heterocycles. The summed E-state index contributed by atoms with van der Waals surface area (Å²) in [5, 5.41) is 8.01. The van der Waals surface area contributed by atoms with Crippen LogP contribution < -0.4 is 10.1 Å². The minimum atomic E-state index is -0.325. The molecule has 0 aliphatic carbocycles. The fraction of sp³-hybridized carbons (Fsp3) is 0.310. The molecule has 0 radical (unpaired) electrons. The highest BCUT2D eigenvalue weighted by Crippen LogP contribution is 2.39. The lowest BCUT2D eigenvalue weighted by molar-refractivity contribution is 0.174. The highest BCUT2D eigenvalue weighted by molar-refractivity contribution is 5.76. The van der Waals surface area contributed by atoms with Crippen LogP contribution in [0.2, 0.25) is 0 Å². The van der Waals surface area contributed by atoms with E-state index in [1.54, 1.807) is 7.11 Å². The van der Waals surface area contributed by atoms with E-state index >= 15 is 0 Å². The van der Waals surface area contributed by atoms with E-state index < -0.39 is 0 Å². The summed E-state index contributed by atoms with van der Waals surface area (Å²) in [4.78, 5) is 15.6. The van der Waals surface area contributed by atoms with Crippen molar-refractivity contribution >= 4 is 6.03 Å². The molecule has 2 aromatic heterocycles. The minimum absolute atomic E-state index is 0.129. The number of fused-ring (bicyclic) bond motifs is 3. The second-order valence-electron chi connectivity index (χ2n) is 9.05. The summed E-state index contributed by atoms with van der Waals surface area (Å²) >= 11 is 0. The standard InChI is InChI=1S/C29H33N5O3/c1-4-37-24-14-8-11-22(19-24)27-26-15-9-17-32(26)28-25(20-33(27)29(35)30-16-10-18-36-3)21(2)31-34(28)23-12-6-5-7-13-23/h5-9,11-15,17,19,27H,4,10,16,18,20H2,1-3H3,(H,30,35)/t27-/m0/s1. The minimum Gasteiger partial charge on any atom is -0.494 e. The van der Waals surface area contributed by atoms with Crippen LogP contribution in [-0.4, -0.2) is 52.1 Å². The molecule has 1 aliphatic rings. The molecular formula is C29H33N5O3. The average molecular weight is 500 g/mol. The number of urea groups is 1. The second kappa shape index (κ2) is 10.9. The summed E-state index contributed by atoms with van der Waals surface area (Å²) in [5.41, 5.74) is 4.84. The number of nitrogens with one attached hydrogen (secondary N) is 1. The van der Waals surface area contributed by atoms with Gasteiger partial charge in [-0.25, -0.2) is 9.48 Å². The van der Waals surface area contributed by atoms with Gasteiger partial charge in [0.1, 0.15) is 11.6 Å². The summed E-state index contributed by atoms with van der Waals surface area (Å²) in [6, 6.07) is 21.8. The molecule has 5 rings (SSSR count). The van der Waals surface area contributed by atoms with Crippen molar-refractivity contribution in [1.82, 2.24) is 24.6 Å². The number of rotatable bonds is 8. The lowest BCUT2D eigenvalue weighted by atomic mass is 10.0. The van der Waals surface area contributed by atoms with E-state index in [1.165, 1.54) is 0 Å². The number of carbonyl (C=O) groups is 1. The van der Waals surface area contributed by atoms with Crippen molar-refractivity contribution in [3.63, 3.8) is 0 Å². The lowest BCUT2D eigenvalue weighted by Crippen LogP contribution is -2.42. The van der Waals surface area contributed by atoms with Gasteiger partial charge >= 0.3 is 6.03 Å². The molecular weight excluding hydrogens is 466 g/mol. The lowest BCUT2D eigenvalue weighted by Gasteiger charge is -2.31. The predicted octanol–water partition coefficient (Wildman–Crippen LogP) is 5.02. The molecule has 4 aromatic rings. The van der Waals surface area contributed by atoms with E-state index in [2.05, 4.69) is 22.0 Å². The molecule has 192 valence electrons. The number of ether oxygens (including phenoxy) is 2. The molecule has 37 heavy (non-hydrogen) atoms. The van der Waals surface area contributed by atoms with Crippen molar-refractivity contribution in [2.24, 2.45) is 0 Å². The predicted molar refractivity (Wildman–Crippen MR) is 143 cm³/mol. The number of benzene rings is 2. The van der Waals surface area contributed by atoms with Crippen molar-refractivity contribution in [1.29, 1.82) is 0 Å². The molecule has 1 N–H and O–H groups in total. The maximum absolute atomic E-state index is 13.7. The first-order valence-corrected chi connectivity index (χ1v) is 12.7. The van der Waals surface area contributed by atoms with E-state index in [-0.39, 0.29) is 12.1 Å². The van der Waals surface area contributed by atoms with E-state index in [1.807, 2.05) is 84.2 Å². The number of amides is 2. The third-order valence-corrected chi connectivity index (χ3v) is 6.63. The van der Waals surface area contributed by atoms with E-state index in [4.69, 9.17) is 14.6 Å². The zero-order valence-electron chi connectivity index (χ0n) is 21.6. The molecule has 3 heterocycles. The normalized spacial score (nSPS) is 14.6. The van der Waals surface area contributed by atoms with Gasteiger partial charge < -0.3 is 24.3 Å². The fourth-order valence-electron chi connectivity index (χ4n) is 4.95. The Kier molecular flexibility index (Phi) is 7.28. The van der Waals surface area contributed by atoms with Crippen LogP contribution in [0.15, 0.2) is 72.9 Å². The van der Waals surface area contributed by atoms with E-state index in [0.29, 0.717) is 26.3 Å². The average Bonchev–Trinajstić information content (AvgIpc) is 3.48. The Balaban J connectivity index is 1.65. The van der Waals surface area contributed by atoms with Crippen molar-refractivity contribution < 1.29 is 14.3 Å². The quantitative estimate of drug-likeness (QED) is 0.346. The molecule has 0 bridgehead atoms.